The molecule has 0 aliphatic rings. The number of hydrogen-bond acceptors (Lipinski definition) is 2. The van der Waals surface area contributed by atoms with Gasteiger partial charge in [-0.2, -0.15) is 0 Å². The molecule has 0 saturated carbocycles. The predicted molar refractivity (Wildman–Crippen MR) is 81.4 cm³/mol. The zero-order valence-electron chi connectivity index (χ0n) is 9.25. The van der Waals surface area contributed by atoms with Gasteiger partial charge in [-0.1, -0.05) is 50.7 Å². The van der Waals surface area contributed by atoms with Crippen molar-refractivity contribution in [2.45, 2.75) is 0 Å². The zero-order chi connectivity index (χ0) is 14.0. The first-order valence-electron chi connectivity index (χ1n) is 5.05. The first kappa shape index (κ1) is 14.6. The van der Waals surface area contributed by atoms with Gasteiger partial charge in [0.25, 0.3) is 5.91 Å². The van der Waals surface area contributed by atoms with Crippen LogP contribution in [-0.2, 0) is 0 Å². The van der Waals surface area contributed by atoms with Gasteiger partial charge in [-0.25, -0.2) is 4.98 Å². The van der Waals surface area contributed by atoms with E-state index in [9.17, 15) is 4.79 Å². The molecule has 0 unspecified atom stereocenters. The number of amides is 1. The minimum Gasteiger partial charge on any atom is -0.321 e. The predicted octanol–water partition coefficient (Wildman–Crippen LogP) is 5.06. The van der Waals surface area contributed by atoms with Crippen molar-refractivity contribution in [1.29, 1.82) is 0 Å². The lowest BCUT2D eigenvalue weighted by Crippen LogP contribution is -2.12. The smallest absolute Gasteiger partial charge is 0.255 e. The fraction of sp³-hybridized carbons (Fsp3) is 0. The molecule has 1 amide bonds. The van der Waals surface area contributed by atoms with Gasteiger partial charge in [0, 0.05) is 10.0 Å². The number of anilines is 1. The van der Waals surface area contributed by atoms with Crippen molar-refractivity contribution in [3.63, 3.8) is 0 Å². The van der Waals surface area contributed by atoms with Gasteiger partial charge in [-0.3, -0.25) is 4.79 Å². The number of pyridine rings is 1. The van der Waals surface area contributed by atoms with Crippen molar-refractivity contribution in [1.82, 2.24) is 4.98 Å². The van der Waals surface area contributed by atoms with Crippen LogP contribution in [0.4, 0.5) is 5.69 Å². The van der Waals surface area contributed by atoms with Crippen molar-refractivity contribution in [2.75, 3.05) is 5.32 Å². The van der Waals surface area contributed by atoms with E-state index in [1.807, 2.05) is 0 Å². The summed E-state index contributed by atoms with van der Waals surface area (Å²) in [5.74, 6) is -0.369. The second-order valence-electron chi connectivity index (χ2n) is 3.58. The molecule has 0 saturated heterocycles. The summed E-state index contributed by atoms with van der Waals surface area (Å²) in [6.45, 7) is 0. The summed E-state index contributed by atoms with van der Waals surface area (Å²) < 4.78 is 0.804. The number of hydrogen-bond donors (Lipinski definition) is 1. The number of rotatable bonds is 2. The summed E-state index contributed by atoms with van der Waals surface area (Å²) in [5.41, 5.74) is 0.797. The van der Waals surface area contributed by atoms with E-state index in [1.54, 1.807) is 18.2 Å². The van der Waals surface area contributed by atoms with Gasteiger partial charge in [-0.05, 0) is 30.3 Å². The van der Waals surface area contributed by atoms with Crippen LogP contribution in [-0.4, -0.2) is 10.9 Å². The molecule has 1 N–H and O–H groups in total. The van der Waals surface area contributed by atoms with Crippen molar-refractivity contribution >= 4 is 62.3 Å². The number of halogens is 4. The molecule has 0 aliphatic carbocycles. The van der Waals surface area contributed by atoms with E-state index in [-0.39, 0.29) is 16.2 Å². The number of carbonyl (C=O) groups excluding carboxylic acids is 1. The Morgan fingerprint density at radius 2 is 1.74 bits per heavy atom. The van der Waals surface area contributed by atoms with Gasteiger partial charge in [0.2, 0.25) is 0 Å². The quantitative estimate of drug-likeness (QED) is 0.740. The molecule has 0 bridgehead atoms. The lowest BCUT2D eigenvalue weighted by molar-refractivity contribution is 0.102. The molecule has 1 heterocycles. The van der Waals surface area contributed by atoms with Gasteiger partial charge in [0.05, 0.1) is 10.7 Å². The van der Waals surface area contributed by atoms with Crippen LogP contribution < -0.4 is 5.32 Å². The van der Waals surface area contributed by atoms with Crippen LogP contribution in [0.25, 0.3) is 0 Å². The highest BCUT2D eigenvalue weighted by atomic mass is 79.9. The van der Waals surface area contributed by atoms with E-state index in [4.69, 9.17) is 34.8 Å². The Bertz CT molecular complexity index is 629. The maximum Gasteiger partial charge on any atom is 0.255 e. The monoisotopic (exact) mass is 378 g/mol. The number of nitrogens with zero attached hydrogens (tertiary/aromatic N) is 1. The zero-order valence-corrected chi connectivity index (χ0v) is 13.1. The third-order valence-corrected chi connectivity index (χ3v) is 3.41. The molecule has 0 aliphatic heterocycles. The molecule has 0 radical (unpaired) electrons. The molecule has 1 aromatic carbocycles. The topological polar surface area (TPSA) is 42.0 Å². The lowest BCUT2D eigenvalue weighted by Gasteiger charge is -2.08. The molecular weight excluding hydrogens is 374 g/mol. The van der Waals surface area contributed by atoms with E-state index in [1.165, 1.54) is 12.1 Å². The Labute approximate surface area is 133 Å². The molecule has 0 spiro atoms. The van der Waals surface area contributed by atoms with Crippen LogP contribution in [0.1, 0.15) is 10.4 Å². The molecule has 2 aromatic rings. The first-order valence-corrected chi connectivity index (χ1v) is 6.98. The molecule has 2 rings (SSSR count). The highest BCUT2D eigenvalue weighted by molar-refractivity contribution is 9.10. The molecule has 3 nitrogen and oxygen atoms in total. The van der Waals surface area contributed by atoms with Crippen LogP contribution in [0.5, 0.6) is 0 Å². The van der Waals surface area contributed by atoms with Crippen molar-refractivity contribution in [3.05, 3.63) is 55.7 Å². The molecule has 0 atom stereocenters. The summed E-state index contributed by atoms with van der Waals surface area (Å²) in [4.78, 5) is 15.8. The number of benzene rings is 1. The van der Waals surface area contributed by atoms with Crippen molar-refractivity contribution < 1.29 is 4.79 Å². The second kappa shape index (κ2) is 6.09. The van der Waals surface area contributed by atoms with Crippen LogP contribution in [0, 0.1) is 0 Å². The van der Waals surface area contributed by atoms with Crippen molar-refractivity contribution in [3.8, 4) is 0 Å². The molecule has 7 heteroatoms. The average molecular weight is 380 g/mol. The summed E-state index contributed by atoms with van der Waals surface area (Å²) >= 11 is 20.8. The average Bonchev–Trinajstić information content (AvgIpc) is 2.32. The fourth-order valence-corrected chi connectivity index (χ4v) is 2.37. The fourth-order valence-electron chi connectivity index (χ4n) is 1.38. The molecule has 19 heavy (non-hydrogen) atoms. The van der Waals surface area contributed by atoms with Crippen LogP contribution in [0.2, 0.25) is 15.3 Å². The van der Waals surface area contributed by atoms with Gasteiger partial charge in [-0.15, -0.1) is 0 Å². The third-order valence-electron chi connectivity index (χ3n) is 2.20. The Morgan fingerprint density at radius 3 is 2.37 bits per heavy atom. The minimum absolute atomic E-state index is 0.151. The first-order chi connectivity index (χ1) is 8.95. The normalized spacial score (nSPS) is 10.3. The second-order valence-corrected chi connectivity index (χ2v) is 5.68. The largest absolute Gasteiger partial charge is 0.321 e. The highest BCUT2D eigenvalue weighted by Gasteiger charge is 2.11. The Morgan fingerprint density at radius 1 is 1.11 bits per heavy atom. The van der Waals surface area contributed by atoms with Gasteiger partial charge < -0.3 is 5.32 Å². The Hall–Kier alpha value is -0.810. The van der Waals surface area contributed by atoms with Crippen LogP contribution >= 0.6 is 50.7 Å². The molecule has 1 aromatic heterocycles. The maximum atomic E-state index is 12.1. The number of nitrogens with one attached hydrogen (secondary N) is 1. The standard InChI is InChI=1S/C12H6BrCl3N2O/c13-7-1-2-8(14)9(5-7)17-12(19)6-3-10(15)18-11(16)4-6/h1-5H,(H,17,19). The van der Waals surface area contributed by atoms with E-state index < -0.39 is 0 Å². The highest BCUT2D eigenvalue weighted by Crippen LogP contribution is 2.26. The van der Waals surface area contributed by atoms with Crippen LogP contribution in [0.15, 0.2) is 34.8 Å². The summed E-state index contributed by atoms with van der Waals surface area (Å²) in [6.07, 6.45) is 0. The van der Waals surface area contributed by atoms with E-state index >= 15 is 0 Å². The Kier molecular flexibility index (Phi) is 4.68. The SMILES string of the molecule is O=C(Nc1cc(Br)ccc1Cl)c1cc(Cl)nc(Cl)c1. The summed E-state index contributed by atoms with van der Waals surface area (Å²) in [7, 11) is 0. The minimum atomic E-state index is -0.369. The van der Waals surface area contributed by atoms with E-state index in [2.05, 4.69) is 26.2 Å². The van der Waals surface area contributed by atoms with Gasteiger partial charge >= 0.3 is 0 Å². The summed E-state index contributed by atoms with van der Waals surface area (Å²) in [5, 5.41) is 3.41. The van der Waals surface area contributed by atoms with E-state index in [0.717, 1.165) is 4.47 Å². The molecular formula is C12H6BrCl3N2O. The molecule has 0 fully saturated rings. The van der Waals surface area contributed by atoms with Gasteiger partial charge in [0.15, 0.2) is 0 Å². The third kappa shape index (κ3) is 3.83. The van der Waals surface area contributed by atoms with Crippen LogP contribution in [0.3, 0.4) is 0 Å². The van der Waals surface area contributed by atoms with Crippen molar-refractivity contribution in [2.24, 2.45) is 0 Å². The van der Waals surface area contributed by atoms with E-state index in [0.29, 0.717) is 16.3 Å². The number of carbonyl (C=O) groups is 1. The van der Waals surface area contributed by atoms with Gasteiger partial charge in [0.1, 0.15) is 10.3 Å². The number of aromatic nitrogens is 1. The lowest BCUT2D eigenvalue weighted by atomic mass is 10.2. The maximum absolute atomic E-state index is 12.1. The molecule has 98 valence electrons. The Balaban J connectivity index is 2.28. The summed E-state index contributed by atoms with van der Waals surface area (Å²) in [6, 6.07) is 8.00.